The van der Waals surface area contributed by atoms with Crippen molar-refractivity contribution in [3.8, 4) is 22.3 Å². The molecule has 0 N–H and O–H groups in total. The van der Waals surface area contributed by atoms with Crippen molar-refractivity contribution in [1.29, 1.82) is 0 Å². The molecule has 0 aliphatic heterocycles. The minimum Gasteiger partial charge on any atom is -0.299 e. The quantitative estimate of drug-likeness (QED) is 0.212. The average molecular weight is 523 g/mol. The van der Waals surface area contributed by atoms with Gasteiger partial charge in [0.05, 0.1) is 16.4 Å². The van der Waals surface area contributed by atoms with Crippen molar-refractivity contribution in [2.24, 2.45) is 0 Å². The summed E-state index contributed by atoms with van der Waals surface area (Å²) in [5.41, 5.74) is 6.48. The molecule has 3 heteroatoms. The molecular formula is C38H22N2O. The summed E-state index contributed by atoms with van der Waals surface area (Å²) in [4.78, 5) is 16.5. The van der Waals surface area contributed by atoms with E-state index in [-0.39, 0.29) is 5.56 Å². The Kier molecular flexibility index (Phi) is 4.48. The first-order chi connectivity index (χ1) is 20.2. The standard InChI is InChI=1S/C38H22N2O/c41-38-33-14-6-13-32-35-21-26(16-18-36(35)40(22-39-38)37(32)33)24-8-5-7-23(19-24)25-15-17-31-29-11-2-1-9-27(29)28-10-3-4-12-30(28)34(31)20-25/h1-22H. The molecule has 9 aromatic rings. The van der Waals surface area contributed by atoms with E-state index in [1.807, 2.05) is 16.5 Å². The fourth-order valence-corrected chi connectivity index (χ4v) is 6.72. The van der Waals surface area contributed by atoms with Crippen molar-refractivity contribution in [3.05, 3.63) is 144 Å². The third kappa shape index (κ3) is 3.14. The fraction of sp³-hybridized carbons (Fsp3) is 0. The smallest absolute Gasteiger partial charge is 0.280 e. The van der Waals surface area contributed by atoms with Crippen LogP contribution in [0.5, 0.6) is 0 Å². The van der Waals surface area contributed by atoms with E-state index in [1.165, 1.54) is 43.4 Å². The molecule has 0 aliphatic rings. The summed E-state index contributed by atoms with van der Waals surface area (Å²) in [6, 6.07) is 45.5. The van der Waals surface area contributed by atoms with Crippen LogP contribution < -0.4 is 5.56 Å². The van der Waals surface area contributed by atoms with Crippen LogP contribution >= 0.6 is 0 Å². The molecular weight excluding hydrogens is 500 g/mol. The highest BCUT2D eigenvalue weighted by Gasteiger charge is 2.14. The SMILES string of the molecule is O=c1ncn2c3ccc(-c4cccc(-c5ccc6c7ccccc7c7ccccc7c6c5)c4)cc3c3cccc1c32. The lowest BCUT2D eigenvalue weighted by Gasteiger charge is -2.12. The first kappa shape index (κ1) is 22.3. The van der Waals surface area contributed by atoms with Crippen molar-refractivity contribution in [1.82, 2.24) is 9.38 Å². The van der Waals surface area contributed by atoms with Crippen LogP contribution in [0.4, 0.5) is 0 Å². The number of fused-ring (bicyclic) bond motifs is 9. The molecule has 0 saturated heterocycles. The monoisotopic (exact) mass is 522 g/mol. The molecule has 2 heterocycles. The largest absolute Gasteiger partial charge is 0.299 e. The lowest BCUT2D eigenvalue weighted by atomic mass is 9.91. The maximum atomic E-state index is 12.4. The van der Waals surface area contributed by atoms with Gasteiger partial charge in [-0.3, -0.25) is 9.20 Å². The summed E-state index contributed by atoms with van der Waals surface area (Å²) in [6.45, 7) is 0. The number of nitrogens with zero attached hydrogens (tertiary/aromatic N) is 2. The number of aromatic nitrogens is 2. The van der Waals surface area contributed by atoms with E-state index in [1.54, 1.807) is 6.33 Å². The summed E-state index contributed by atoms with van der Waals surface area (Å²) in [7, 11) is 0. The van der Waals surface area contributed by atoms with Crippen LogP contribution in [-0.4, -0.2) is 9.38 Å². The summed E-state index contributed by atoms with van der Waals surface area (Å²) in [5, 5.41) is 10.5. The highest BCUT2D eigenvalue weighted by atomic mass is 16.1. The molecule has 2 aromatic heterocycles. The van der Waals surface area contributed by atoms with Gasteiger partial charge in [0, 0.05) is 10.8 Å². The lowest BCUT2D eigenvalue weighted by Crippen LogP contribution is -2.07. The summed E-state index contributed by atoms with van der Waals surface area (Å²) in [5.74, 6) is 0. The predicted octanol–water partition coefficient (Wildman–Crippen LogP) is 9.23. The number of hydrogen-bond acceptors (Lipinski definition) is 2. The normalized spacial score (nSPS) is 12.0. The zero-order valence-corrected chi connectivity index (χ0v) is 22.0. The molecule has 0 spiro atoms. The fourth-order valence-electron chi connectivity index (χ4n) is 6.72. The predicted molar refractivity (Wildman–Crippen MR) is 171 cm³/mol. The molecule has 9 rings (SSSR count). The topological polar surface area (TPSA) is 34.4 Å². The van der Waals surface area contributed by atoms with Crippen molar-refractivity contribution >= 4 is 59.5 Å². The molecule has 0 bridgehead atoms. The molecule has 41 heavy (non-hydrogen) atoms. The van der Waals surface area contributed by atoms with Gasteiger partial charge >= 0.3 is 0 Å². The highest BCUT2D eigenvalue weighted by Crippen LogP contribution is 2.38. The van der Waals surface area contributed by atoms with E-state index in [0.717, 1.165) is 32.9 Å². The van der Waals surface area contributed by atoms with Gasteiger partial charge in [0.25, 0.3) is 5.56 Å². The average Bonchev–Trinajstić information content (AvgIpc) is 3.36. The number of benzene rings is 7. The molecule has 0 radical (unpaired) electrons. The Morgan fingerprint density at radius 1 is 0.415 bits per heavy atom. The van der Waals surface area contributed by atoms with Crippen LogP contribution in [0.1, 0.15) is 0 Å². The van der Waals surface area contributed by atoms with Crippen LogP contribution in [0.3, 0.4) is 0 Å². The van der Waals surface area contributed by atoms with Gasteiger partial charge in [0.15, 0.2) is 0 Å². The molecule has 0 amide bonds. The minimum atomic E-state index is -0.185. The molecule has 7 aromatic carbocycles. The summed E-state index contributed by atoms with van der Waals surface area (Å²) in [6.07, 6.45) is 1.65. The van der Waals surface area contributed by atoms with E-state index in [9.17, 15) is 4.79 Å². The zero-order valence-electron chi connectivity index (χ0n) is 22.0. The van der Waals surface area contributed by atoms with Gasteiger partial charge in [-0.05, 0) is 84.9 Å². The van der Waals surface area contributed by atoms with Crippen LogP contribution in [0.25, 0.3) is 81.8 Å². The van der Waals surface area contributed by atoms with E-state index < -0.39 is 0 Å². The second-order valence-corrected chi connectivity index (χ2v) is 10.8. The van der Waals surface area contributed by atoms with Gasteiger partial charge in [0.1, 0.15) is 6.33 Å². The first-order valence-electron chi connectivity index (χ1n) is 13.8. The van der Waals surface area contributed by atoms with Crippen molar-refractivity contribution < 1.29 is 0 Å². The van der Waals surface area contributed by atoms with Gasteiger partial charge < -0.3 is 0 Å². The number of hydrogen-bond donors (Lipinski definition) is 0. The maximum absolute atomic E-state index is 12.4. The third-order valence-electron chi connectivity index (χ3n) is 8.62. The molecule has 0 fully saturated rings. The Balaban J connectivity index is 1.23. The second kappa shape index (κ2) is 8.23. The Morgan fingerprint density at radius 3 is 1.63 bits per heavy atom. The molecule has 0 unspecified atom stereocenters. The van der Waals surface area contributed by atoms with Crippen LogP contribution in [0.2, 0.25) is 0 Å². The number of rotatable bonds is 2. The summed E-state index contributed by atoms with van der Waals surface area (Å²) < 4.78 is 2.03. The Bertz CT molecular complexity index is 2520. The zero-order chi connectivity index (χ0) is 27.1. The second-order valence-electron chi connectivity index (χ2n) is 10.8. The van der Waals surface area contributed by atoms with Crippen LogP contribution in [0.15, 0.2) is 139 Å². The Morgan fingerprint density at radius 2 is 0.927 bits per heavy atom. The van der Waals surface area contributed by atoms with Crippen molar-refractivity contribution in [2.75, 3.05) is 0 Å². The van der Waals surface area contributed by atoms with E-state index in [4.69, 9.17) is 0 Å². The highest BCUT2D eigenvalue weighted by molar-refractivity contribution is 6.25. The third-order valence-corrected chi connectivity index (χ3v) is 8.62. The molecule has 190 valence electrons. The van der Waals surface area contributed by atoms with Gasteiger partial charge in [-0.15, -0.1) is 0 Å². The van der Waals surface area contributed by atoms with Crippen molar-refractivity contribution in [2.45, 2.75) is 0 Å². The first-order valence-corrected chi connectivity index (χ1v) is 13.8. The van der Waals surface area contributed by atoms with E-state index in [2.05, 4.69) is 120 Å². The van der Waals surface area contributed by atoms with Gasteiger partial charge in [0.2, 0.25) is 0 Å². The van der Waals surface area contributed by atoms with E-state index in [0.29, 0.717) is 5.39 Å². The van der Waals surface area contributed by atoms with Gasteiger partial charge in [-0.1, -0.05) is 97.1 Å². The summed E-state index contributed by atoms with van der Waals surface area (Å²) >= 11 is 0. The molecule has 3 nitrogen and oxygen atoms in total. The van der Waals surface area contributed by atoms with Crippen LogP contribution in [0, 0.1) is 0 Å². The molecule has 0 atom stereocenters. The Labute approximate surface area is 234 Å². The van der Waals surface area contributed by atoms with Crippen LogP contribution in [-0.2, 0) is 0 Å². The van der Waals surface area contributed by atoms with Crippen molar-refractivity contribution in [3.63, 3.8) is 0 Å². The van der Waals surface area contributed by atoms with Gasteiger partial charge in [-0.2, -0.15) is 4.98 Å². The van der Waals surface area contributed by atoms with E-state index >= 15 is 0 Å². The Hall–Kier alpha value is -5.54. The molecule has 0 aliphatic carbocycles. The number of para-hydroxylation sites is 1. The lowest BCUT2D eigenvalue weighted by molar-refractivity contribution is 1.11. The van der Waals surface area contributed by atoms with Gasteiger partial charge in [-0.25, -0.2) is 0 Å². The molecule has 0 saturated carbocycles. The minimum absolute atomic E-state index is 0.185. The maximum Gasteiger partial charge on any atom is 0.280 e.